The molecule has 98 valence electrons. The lowest BCUT2D eigenvalue weighted by Gasteiger charge is -2.03. The van der Waals surface area contributed by atoms with Crippen LogP contribution in [-0.4, -0.2) is 42.8 Å². The fourth-order valence-electron chi connectivity index (χ4n) is 1.52. The molecule has 6 heteroatoms. The highest BCUT2D eigenvalue weighted by Gasteiger charge is 2.05. The van der Waals surface area contributed by atoms with Gasteiger partial charge in [0, 0.05) is 19.0 Å². The fourth-order valence-corrected chi connectivity index (χ4v) is 2.39. The zero-order chi connectivity index (χ0) is 12.7. The summed E-state index contributed by atoms with van der Waals surface area (Å²) in [6, 6.07) is 0. The summed E-state index contributed by atoms with van der Waals surface area (Å²) in [7, 11) is -0.913. The molecule has 0 aliphatic rings. The Morgan fingerprint density at radius 2 is 2.18 bits per heavy atom. The number of nitrogens with zero attached hydrogens (tertiary/aromatic N) is 2. The number of aromatic nitrogens is 2. The van der Waals surface area contributed by atoms with E-state index in [9.17, 15) is 8.42 Å². The van der Waals surface area contributed by atoms with Gasteiger partial charge in [-0.05, 0) is 31.5 Å². The SMILES string of the molecule is CCS(=O)(=O)CCCNCCc1cnn(C)c1. The Hall–Kier alpha value is -0.880. The Bertz CT molecular complexity index is 426. The molecule has 0 radical (unpaired) electrons. The first-order chi connectivity index (χ1) is 8.03. The van der Waals surface area contributed by atoms with Gasteiger partial charge >= 0.3 is 0 Å². The number of hydrogen-bond donors (Lipinski definition) is 1. The van der Waals surface area contributed by atoms with Crippen LogP contribution in [0.4, 0.5) is 0 Å². The Morgan fingerprint density at radius 1 is 1.41 bits per heavy atom. The Kier molecular flexibility index (Phi) is 5.64. The molecule has 0 bridgehead atoms. The topological polar surface area (TPSA) is 64.0 Å². The van der Waals surface area contributed by atoms with Gasteiger partial charge in [-0.25, -0.2) is 8.42 Å². The van der Waals surface area contributed by atoms with Gasteiger partial charge in [-0.1, -0.05) is 6.92 Å². The lowest BCUT2D eigenvalue weighted by molar-refractivity contribution is 0.590. The van der Waals surface area contributed by atoms with Crippen LogP contribution in [0.5, 0.6) is 0 Å². The van der Waals surface area contributed by atoms with E-state index in [4.69, 9.17) is 0 Å². The van der Waals surface area contributed by atoms with Gasteiger partial charge in [-0.15, -0.1) is 0 Å². The van der Waals surface area contributed by atoms with E-state index in [2.05, 4.69) is 10.4 Å². The maximum atomic E-state index is 11.2. The van der Waals surface area contributed by atoms with Gasteiger partial charge in [0.25, 0.3) is 0 Å². The molecule has 1 aromatic rings. The average Bonchev–Trinajstić information content (AvgIpc) is 2.69. The number of aryl methyl sites for hydroxylation is 1. The summed E-state index contributed by atoms with van der Waals surface area (Å²) in [6.07, 6.45) is 5.45. The third-order valence-electron chi connectivity index (χ3n) is 2.60. The molecule has 17 heavy (non-hydrogen) atoms. The summed E-state index contributed by atoms with van der Waals surface area (Å²) in [6.45, 7) is 3.29. The third kappa shape index (κ3) is 5.83. The Balaban J connectivity index is 2.05. The van der Waals surface area contributed by atoms with Crippen molar-refractivity contribution in [3.05, 3.63) is 18.0 Å². The van der Waals surface area contributed by atoms with Crippen LogP contribution in [0.1, 0.15) is 18.9 Å². The van der Waals surface area contributed by atoms with Crippen molar-refractivity contribution in [3.8, 4) is 0 Å². The first-order valence-corrected chi connectivity index (χ1v) is 7.74. The van der Waals surface area contributed by atoms with E-state index in [-0.39, 0.29) is 11.5 Å². The van der Waals surface area contributed by atoms with E-state index in [0.717, 1.165) is 19.5 Å². The molecule has 1 N–H and O–H groups in total. The van der Waals surface area contributed by atoms with Crippen molar-refractivity contribution >= 4 is 9.84 Å². The third-order valence-corrected chi connectivity index (χ3v) is 4.39. The summed E-state index contributed by atoms with van der Waals surface area (Å²) >= 11 is 0. The standard InChI is InChI=1S/C11H21N3O2S/c1-3-17(15,16)8-4-6-12-7-5-11-9-13-14(2)10-11/h9-10,12H,3-8H2,1-2H3. The molecule has 5 nitrogen and oxygen atoms in total. The number of hydrogen-bond acceptors (Lipinski definition) is 4. The van der Waals surface area contributed by atoms with E-state index in [0.29, 0.717) is 6.42 Å². The van der Waals surface area contributed by atoms with Crippen molar-refractivity contribution in [3.63, 3.8) is 0 Å². The number of nitrogens with one attached hydrogen (secondary N) is 1. The second-order valence-electron chi connectivity index (χ2n) is 4.11. The molecular weight excluding hydrogens is 238 g/mol. The molecule has 0 aromatic carbocycles. The Morgan fingerprint density at radius 3 is 2.76 bits per heavy atom. The first-order valence-electron chi connectivity index (χ1n) is 5.92. The van der Waals surface area contributed by atoms with E-state index in [1.165, 1.54) is 5.56 Å². The monoisotopic (exact) mass is 259 g/mol. The quantitative estimate of drug-likeness (QED) is 0.685. The second-order valence-corrected chi connectivity index (χ2v) is 6.58. The predicted molar refractivity (Wildman–Crippen MR) is 68.7 cm³/mol. The molecule has 0 unspecified atom stereocenters. The summed E-state index contributed by atoms with van der Waals surface area (Å²) in [5.41, 5.74) is 1.20. The highest BCUT2D eigenvalue weighted by atomic mass is 32.2. The molecule has 0 aliphatic carbocycles. The van der Waals surface area contributed by atoms with E-state index in [1.807, 2.05) is 19.4 Å². The molecular formula is C11H21N3O2S. The average molecular weight is 259 g/mol. The molecule has 1 aromatic heterocycles. The predicted octanol–water partition coefficient (Wildman–Crippen LogP) is 0.377. The van der Waals surface area contributed by atoms with Gasteiger partial charge in [0.1, 0.15) is 9.84 Å². The van der Waals surface area contributed by atoms with Crippen molar-refractivity contribution in [1.82, 2.24) is 15.1 Å². The molecule has 0 fully saturated rings. The lowest BCUT2D eigenvalue weighted by atomic mass is 10.2. The number of sulfone groups is 1. The van der Waals surface area contributed by atoms with Crippen LogP contribution in [0.3, 0.4) is 0 Å². The van der Waals surface area contributed by atoms with Gasteiger partial charge in [-0.3, -0.25) is 4.68 Å². The van der Waals surface area contributed by atoms with Crippen molar-refractivity contribution < 1.29 is 8.42 Å². The minimum Gasteiger partial charge on any atom is -0.316 e. The fraction of sp³-hybridized carbons (Fsp3) is 0.727. The molecule has 0 amide bonds. The van der Waals surface area contributed by atoms with E-state index >= 15 is 0 Å². The van der Waals surface area contributed by atoms with Gasteiger partial charge < -0.3 is 5.32 Å². The number of rotatable bonds is 8. The van der Waals surface area contributed by atoms with Crippen molar-refractivity contribution in [2.45, 2.75) is 19.8 Å². The molecule has 0 aliphatic heterocycles. The van der Waals surface area contributed by atoms with Gasteiger partial charge in [-0.2, -0.15) is 5.10 Å². The molecule has 0 atom stereocenters. The minimum absolute atomic E-state index is 0.239. The Labute approximate surface area is 103 Å². The maximum Gasteiger partial charge on any atom is 0.150 e. The van der Waals surface area contributed by atoms with Crippen LogP contribution in [0.15, 0.2) is 12.4 Å². The zero-order valence-corrected chi connectivity index (χ0v) is 11.3. The van der Waals surface area contributed by atoms with Crippen molar-refractivity contribution in [1.29, 1.82) is 0 Å². The first kappa shape index (κ1) is 14.2. The van der Waals surface area contributed by atoms with Crippen LogP contribution in [-0.2, 0) is 23.3 Å². The molecule has 0 saturated carbocycles. The maximum absolute atomic E-state index is 11.2. The van der Waals surface area contributed by atoms with Crippen molar-refractivity contribution in [2.75, 3.05) is 24.6 Å². The normalized spacial score (nSPS) is 11.9. The summed E-state index contributed by atoms with van der Waals surface area (Å²) in [5.74, 6) is 0.520. The van der Waals surface area contributed by atoms with Crippen LogP contribution >= 0.6 is 0 Å². The second kappa shape index (κ2) is 6.76. The molecule has 1 rings (SSSR count). The summed E-state index contributed by atoms with van der Waals surface area (Å²) in [4.78, 5) is 0. The van der Waals surface area contributed by atoms with E-state index < -0.39 is 9.84 Å². The largest absolute Gasteiger partial charge is 0.316 e. The highest BCUT2D eigenvalue weighted by molar-refractivity contribution is 7.91. The molecule has 0 spiro atoms. The molecule has 1 heterocycles. The smallest absolute Gasteiger partial charge is 0.150 e. The van der Waals surface area contributed by atoms with Crippen LogP contribution < -0.4 is 5.32 Å². The van der Waals surface area contributed by atoms with Crippen LogP contribution in [0.2, 0.25) is 0 Å². The van der Waals surface area contributed by atoms with Gasteiger partial charge in [0.05, 0.1) is 11.9 Å². The van der Waals surface area contributed by atoms with Gasteiger partial charge in [0.2, 0.25) is 0 Å². The highest BCUT2D eigenvalue weighted by Crippen LogP contribution is 1.96. The van der Waals surface area contributed by atoms with Gasteiger partial charge in [0.15, 0.2) is 0 Å². The summed E-state index contributed by atoms with van der Waals surface area (Å²) in [5, 5.41) is 7.32. The van der Waals surface area contributed by atoms with E-state index in [1.54, 1.807) is 11.6 Å². The zero-order valence-electron chi connectivity index (χ0n) is 10.5. The summed E-state index contributed by atoms with van der Waals surface area (Å²) < 4.78 is 24.2. The van der Waals surface area contributed by atoms with Crippen LogP contribution in [0.25, 0.3) is 0 Å². The van der Waals surface area contributed by atoms with Crippen molar-refractivity contribution in [2.24, 2.45) is 7.05 Å². The lowest BCUT2D eigenvalue weighted by Crippen LogP contribution is -2.21. The van der Waals surface area contributed by atoms with Crippen LogP contribution in [0, 0.1) is 0 Å². The molecule has 0 saturated heterocycles. The minimum atomic E-state index is -2.81.